The van der Waals surface area contributed by atoms with Gasteiger partial charge in [0.2, 0.25) is 10.0 Å². The normalized spacial score (nSPS) is 13.1. The van der Waals surface area contributed by atoms with Gasteiger partial charge in [0.25, 0.3) is 0 Å². The summed E-state index contributed by atoms with van der Waals surface area (Å²) in [6.07, 6.45) is -0.983. The van der Waals surface area contributed by atoms with Crippen molar-refractivity contribution >= 4 is 32.7 Å². The summed E-state index contributed by atoms with van der Waals surface area (Å²) in [7, 11) is -0.771. The fourth-order valence-corrected chi connectivity index (χ4v) is 4.19. The van der Waals surface area contributed by atoms with Crippen LogP contribution in [0.15, 0.2) is 52.2 Å². The average molecular weight is 454 g/mol. The van der Waals surface area contributed by atoms with Crippen molar-refractivity contribution in [1.82, 2.24) is 13.4 Å². The van der Waals surface area contributed by atoms with E-state index in [1.807, 2.05) is 6.92 Å². The van der Waals surface area contributed by atoms with Crippen LogP contribution >= 0.6 is 11.6 Å². The predicted molar refractivity (Wildman–Crippen MR) is 116 cm³/mol. The van der Waals surface area contributed by atoms with Gasteiger partial charge in [-0.2, -0.15) is 0 Å². The molecule has 30 heavy (non-hydrogen) atoms. The second kappa shape index (κ2) is 8.81. The summed E-state index contributed by atoms with van der Waals surface area (Å²) < 4.78 is 34.6. The molecule has 162 valence electrons. The number of aromatic nitrogens is 2. The second-order valence-electron chi connectivity index (χ2n) is 6.99. The summed E-state index contributed by atoms with van der Waals surface area (Å²) in [4.78, 5) is 12.9. The minimum atomic E-state index is -3.66. The van der Waals surface area contributed by atoms with Crippen molar-refractivity contribution in [3.8, 4) is 5.75 Å². The minimum absolute atomic E-state index is 0.0391. The molecule has 0 saturated carbocycles. The Hall–Kier alpha value is -2.33. The zero-order chi connectivity index (χ0) is 22.1. The molecule has 1 aromatic heterocycles. The molecular formula is C20H24ClN3O5S. The molecule has 0 spiro atoms. The van der Waals surface area contributed by atoms with Crippen LogP contribution in [-0.2, 0) is 23.1 Å². The van der Waals surface area contributed by atoms with Crippen LogP contribution in [0.3, 0.4) is 0 Å². The number of imidazole rings is 1. The molecule has 8 nitrogen and oxygen atoms in total. The van der Waals surface area contributed by atoms with E-state index in [1.165, 1.54) is 35.4 Å². The zero-order valence-corrected chi connectivity index (χ0v) is 18.5. The molecule has 1 heterocycles. The number of hydrogen-bond donors (Lipinski definition) is 1. The Morgan fingerprint density at radius 2 is 1.77 bits per heavy atom. The highest BCUT2D eigenvalue weighted by atomic mass is 35.5. The zero-order valence-electron chi connectivity index (χ0n) is 16.9. The van der Waals surface area contributed by atoms with E-state index >= 15 is 0 Å². The Kier molecular flexibility index (Phi) is 6.56. The predicted octanol–water partition coefficient (Wildman–Crippen LogP) is 2.17. The number of aliphatic hydroxyl groups excluding tert-OH is 1. The second-order valence-corrected chi connectivity index (χ2v) is 9.58. The van der Waals surface area contributed by atoms with Crippen LogP contribution in [0.2, 0.25) is 5.02 Å². The van der Waals surface area contributed by atoms with Gasteiger partial charge < -0.3 is 9.84 Å². The summed E-state index contributed by atoms with van der Waals surface area (Å²) in [5.41, 5.74) is 0.721. The monoisotopic (exact) mass is 453 g/mol. The Bertz CT molecular complexity index is 1200. The maximum Gasteiger partial charge on any atom is 0.329 e. The molecular weight excluding hydrogens is 430 g/mol. The van der Waals surface area contributed by atoms with Gasteiger partial charge in [-0.25, -0.2) is 17.5 Å². The van der Waals surface area contributed by atoms with Gasteiger partial charge in [-0.3, -0.25) is 9.13 Å². The van der Waals surface area contributed by atoms with Gasteiger partial charge in [-0.15, -0.1) is 0 Å². The van der Waals surface area contributed by atoms with Crippen LogP contribution in [0.25, 0.3) is 11.0 Å². The van der Waals surface area contributed by atoms with Crippen molar-refractivity contribution in [2.75, 3.05) is 20.7 Å². The van der Waals surface area contributed by atoms with Crippen LogP contribution in [0.5, 0.6) is 5.75 Å². The maximum atomic E-state index is 12.9. The van der Waals surface area contributed by atoms with Gasteiger partial charge in [-0.1, -0.05) is 11.6 Å². The minimum Gasteiger partial charge on any atom is -0.491 e. The largest absolute Gasteiger partial charge is 0.491 e. The smallest absolute Gasteiger partial charge is 0.329 e. The Morgan fingerprint density at radius 3 is 2.37 bits per heavy atom. The van der Waals surface area contributed by atoms with Crippen molar-refractivity contribution < 1.29 is 18.3 Å². The highest BCUT2D eigenvalue weighted by Gasteiger charge is 2.21. The highest BCUT2D eigenvalue weighted by molar-refractivity contribution is 7.89. The van der Waals surface area contributed by atoms with Gasteiger partial charge in [0.15, 0.2) is 0 Å². The van der Waals surface area contributed by atoms with Crippen LogP contribution in [0, 0.1) is 0 Å². The molecule has 3 rings (SSSR count). The molecule has 0 saturated heterocycles. The quantitative estimate of drug-likeness (QED) is 0.564. The van der Waals surface area contributed by atoms with Crippen LogP contribution in [0.1, 0.15) is 6.92 Å². The summed E-state index contributed by atoms with van der Waals surface area (Å²) in [5, 5.41) is 11.0. The Morgan fingerprint density at radius 1 is 1.10 bits per heavy atom. The first-order valence-electron chi connectivity index (χ1n) is 9.37. The molecule has 0 amide bonds. The topological polar surface area (TPSA) is 93.8 Å². The SMILES string of the molecule is CCn1c(=O)n(CC(O)COc2ccc(Cl)cc2)c2cc(S(=O)(=O)N(C)C)ccc21. The van der Waals surface area contributed by atoms with Crippen molar-refractivity contribution in [2.45, 2.75) is 31.0 Å². The molecule has 1 unspecified atom stereocenters. The van der Waals surface area contributed by atoms with Crippen molar-refractivity contribution in [3.63, 3.8) is 0 Å². The van der Waals surface area contributed by atoms with E-state index in [1.54, 1.807) is 30.3 Å². The lowest BCUT2D eigenvalue weighted by atomic mass is 10.3. The number of sulfonamides is 1. The molecule has 3 aromatic rings. The van der Waals surface area contributed by atoms with Gasteiger partial charge in [0.1, 0.15) is 18.5 Å². The number of aryl methyl sites for hydroxylation is 1. The number of benzene rings is 2. The first-order chi connectivity index (χ1) is 14.1. The van der Waals surface area contributed by atoms with Gasteiger partial charge in [-0.05, 0) is 49.4 Å². The summed E-state index contributed by atoms with van der Waals surface area (Å²) >= 11 is 5.84. The van der Waals surface area contributed by atoms with E-state index in [0.717, 1.165) is 4.31 Å². The Balaban J connectivity index is 1.92. The molecule has 0 radical (unpaired) electrons. The lowest BCUT2D eigenvalue weighted by Crippen LogP contribution is -2.31. The summed E-state index contributed by atoms with van der Waals surface area (Å²) in [5.74, 6) is 0.543. The number of hydrogen-bond acceptors (Lipinski definition) is 5. The molecule has 1 N–H and O–H groups in total. The van der Waals surface area contributed by atoms with Gasteiger partial charge in [0, 0.05) is 25.7 Å². The fourth-order valence-electron chi connectivity index (χ4n) is 3.14. The van der Waals surface area contributed by atoms with Gasteiger partial charge in [0.05, 0.1) is 22.5 Å². The number of aliphatic hydroxyl groups is 1. The summed E-state index contributed by atoms with van der Waals surface area (Å²) in [6.45, 7) is 2.17. The third kappa shape index (κ3) is 4.39. The van der Waals surface area contributed by atoms with E-state index in [0.29, 0.717) is 28.4 Å². The van der Waals surface area contributed by atoms with E-state index in [-0.39, 0.29) is 23.7 Å². The van der Waals surface area contributed by atoms with Crippen LogP contribution in [-0.4, -0.2) is 53.8 Å². The van der Waals surface area contributed by atoms with Gasteiger partial charge >= 0.3 is 5.69 Å². The maximum absolute atomic E-state index is 12.9. The van der Waals surface area contributed by atoms with E-state index < -0.39 is 16.1 Å². The summed E-state index contributed by atoms with van der Waals surface area (Å²) in [6, 6.07) is 11.3. The number of rotatable bonds is 8. The number of nitrogens with zero attached hydrogens (tertiary/aromatic N) is 3. The van der Waals surface area contributed by atoms with E-state index in [9.17, 15) is 18.3 Å². The standard InChI is InChI=1S/C20H24ClN3O5S/c1-4-23-18-10-9-17(30(27,28)22(2)3)11-19(18)24(20(23)26)12-15(25)13-29-16-7-5-14(21)6-8-16/h5-11,15,25H,4,12-13H2,1-3H3. The molecule has 2 aromatic carbocycles. The van der Waals surface area contributed by atoms with Crippen molar-refractivity contribution in [1.29, 1.82) is 0 Å². The van der Waals surface area contributed by atoms with Crippen LogP contribution < -0.4 is 10.4 Å². The Labute approximate surface area is 179 Å². The molecule has 10 heteroatoms. The number of fused-ring (bicyclic) bond motifs is 1. The third-order valence-corrected chi connectivity index (χ3v) is 6.80. The molecule has 0 aliphatic rings. The first kappa shape index (κ1) is 22.4. The molecule has 0 bridgehead atoms. The molecule has 0 fully saturated rings. The third-order valence-electron chi connectivity index (χ3n) is 4.73. The fraction of sp³-hybridized carbons (Fsp3) is 0.350. The van der Waals surface area contributed by atoms with Crippen molar-refractivity contribution in [3.05, 3.63) is 58.0 Å². The van der Waals surface area contributed by atoms with Crippen molar-refractivity contribution in [2.24, 2.45) is 0 Å². The number of ether oxygens (including phenoxy) is 1. The lowest BCUT2D eigenvalue weighted by molar-refractivity contribution is 0.0924. The van der Waals surface area contributed by atoms with E-state index in [2.05, 4.69) is 0 Å². The average Bonchev–Trinajstić information content (AvgIpc) is 2.97. The first-order valence-corrected chi connectivity index (χ1v) is 11.2. The lowest BCUT2D eigenvalue weighted by Gasteiger charge is -2.14. The molecule has 1 atom stereocenters. The highest BCUT2D eigenvalue weighted by Crippen LogP contribution is 2.21. The van der Waals surface area contributed by atoms with Crippen LogP contribution in [0.4, 0.5) is 0 Å². The molecule has 0 aliphatic carbocycles. The molecule has 0 aliphatic heterocycles. The number of halogens is 1. The van der Waals surface area contributed by atoms with E-state index in [4.69, 9.17) is 16.3 Å².